The van der Waals surface area contributed by atoms with Gasteiger partial charge in [-0.15, -0.1) is 0 Å². The summed E-state index contributed by atoms with van der Waals surface area (Å²) in [5, 5.41) is 8.94. The number of carboxylic acids is 1. The largest absolute Gasteiger partial charge is 0.494 e. The molecule has 1 aromatic rings. The van der Waals surface area contributed by atoms with E-state index in [4.69, 9.17) is 9.84 Å². The lowest BCUT2D eigenvalue weighted by molar-refractivity contribution is -0.137. The molecular weight excluding hydrogens is 270 g/mol. The zero-order valence-electron chi connectivity index (χ0n) is 12.8. The van der Waals surface area contributed by atoms with Crippen LogP contribution < -0.4 is 4.74 Å². The smallest absolute Gasteiger partial charge is 0.323 e. The highest BCUT2D eigenvalue weighted by Crippen LogP contribution is 2.16. The van der Waals surface area contributed by atoms with Gasteiger partial charge >= 0.3 is 5.97 Å². The standard InChI is InChI=1S/C16H23NO4/c1-4-8-21-14-7-5-6-13(9-14)16(20)17(10-12(2)3)11-15(18)19/h5-7,9,12H,4,8,10-11H2,1-3H3,(H,18,19). The molecule has 1 aromatic carbocycles. The molecular formula is C16H23NO4. The molecule has 0 saturated heterocycles. The third-order valence-corrected chi connectivity index (χ3v) is 2.75. The Balaban J connectivity index is 2.89. The number of rotatable bonds is 8. The van der Waals surface area contributed by atoms with Crippen molar-refractivity contribution in [1.82, 2.24) is 4.90 Å². The zero-order chi connectivity index (χ0) is 15.8. The number of hydrogen-bond donors (Lipinski definition) is 1. The average molecular weight is 293 g/mol. The van der Waals surface area contributed by atoms with Gasteiger partial charge in [-0.1, -0.05) is 26.8 Å². The van der Waals surface area contributed by atoms with E-state index in [0.717, 1.165) is 6.42 Å². The van der Waals surface area contributed by atoms with E-state index in [1.54, 1.807) is 24.3 Å². The monoisotopic (exact) mass is 293 g/mol. The maximum absolute atomic E-state index is 12.4. The second-order valence-corrected chi connectivity index (χ2v) is 5.35. The van der Waals surface area contributed by atoms with E-state index in [9.17, 15) is 9.59 Å². The topological polar surface area (TPSA) is 66.8 Å². The number of benzene rings is 1. The van der Waals surface area contributed by atoms with Gasteiger partial charge in [-0.25, -0.2) is 0 Å². The first-order chi connectivity index (χ1) is 9.93. The van der Waals surface area contributed by atoms with E-state index in [-0.39, 0.29) is 18.4 Å². The summed E-state index contributed by atoms with van der Waals surface area (Å²) in [7, 11) is 0. The minimum atomic E-state index is -1.01. The van der Waals surface area contributed by atoms with Crippen LogP contribution in [0.4, 0.5) is 0 Å². The van der Waals surface area contributed by atoms with Crippen molar-refractivity contribution < 1.29 is 19.4 Å². The van der Waals surface area contributed by atoms with Crippen LogP contribution in [0.2, 0.25) is 0 Å². The molecule has 0 aliphatic heterocycles. The summed E-state index contributed by atoms with van der Waals surface area (Å²) in [6, 6.07) is 6.87. The Labute approximate surface area is 125 Å². The number of hydrogen-bond acceptors (Lipinski definition) is 3. The van der Waals surface area contributed by atoms with Gasteiger partial charge in [0.15, 0.2) is 0 Å². The van der Waals surface area contributed by atoms with Crippen molar-refractivity contribution in [3.8, 4) is 5.75 Å². The number of carboxylic acid groups (broad SMARTS) is 1. The Morgan fingerprint density at radius 3 is 2.62 bits per heavy atom. The first kappa shape index (κ1) is 17.0. The third kappa shape index (κ3) is 5.85. The molecule has 0 aliphatic carbocycles. The Morgan fingerprint density at radius 1 is 1.33 bits per heavy atom. The summed E-state index contributed by atoms with van der Waals surface area (Å²) in [6.45, 7) is 6.60. The van der Waals surface area contributed by atoms with Crippen LogP contribution in [-0.4, -0.2) is 41.6 Å². The minimum absolute atomic E-state index is 0.202. The van der Waals surface area contributed by atoms with E-state index in [1.165, 1.54) is 4.90 Å². The predicted molar refractivity (Wildman–Crippen MR) is 80.6 cm³/mol. The molecule has 0 radical (unpaired) electrons. The average Bonchev–Trinajstić information content (AvgIpc) is 2.43. The maximum atomic E-state index is 12.4. The first-order valence-electron chi connectivity index (χ1n) is 7.18. The van der Waals surface area contributed by atoms with Crippen LogP contribution in [0.1, 0.15) is 37.6 Å². The highest BCUT2D eigenvalue weighted by atomic mass is 16.5. The molecule has 0 aliphatic rings. The highest BCUT2D eigenvalue weighted by molar-refractivity contribution is 5.96. The number of aliphatic carboxylic acids is 1. The summed E-state index contributed by atoms with van der Waals surface area (Å²) in [4.78, 5) is 24.7. The summed E-state index contributed by atoms with van der Waals surface area (Å²) in [6.07, 6.45) is 0.886. The minimum Gasteiger partial charge on any atom is -0.494 e. The number of amides is 1. The summed E-state index contributed by atoms with van der Waals surface area (Å²) < 4.78 is 5.50. The summed E-state index contributed by atoms with van der Waals surface area (Å²) in [5.74, 6) is -0.467. The Bertz CT molecular complexity index is 485. The SMILES string of the molecule is CCCOc1cccc(C(=O)N(CC(=O)O)CC(C)C)c1. The molecule has 0 saturated carbocycles. The molecule has 1 rings (SSSR count). The maximum Gasteiger partial charge on any atom is 0.323 e. The Morgan fingerprint density at radius 2 is 2.05 bits per heavy atom. The molecule has 0 bridgehead atoms. The van der Waals surface area contributed by atoms with Crippen molar-refractivity contribution >= 4 is 11.9 Å². The van der Waals surface area contributed by atoms with E-state index in [0.29, 0.717) is 24.5 Å². The van der Waals surface area contributed by atoms with Crippen LogP contribution in [0.15, 0.2) is 24.3 Å². The lowest BCUT2D eigenvalue weighted by Gasteiger charge is -2.23. The van der Waals surface area contributed by atoms with E-state index in [2.05, 4.69) is 0 Å². The molecule has 21 heavy (non-hydrogen) atoms. The van der Waals surface area contributed by atoms with Gasteiger partial charge in [-0.05, 0) is 30.5 Å². The van der Waals surface area contributed by atoms with Crippen LogP contribution in [0, 0.1) is 5.92 Å². The quantitative estimate of drug-likeness (QED) is 0.800. The Kier molecular flexibility index (Phi) is 6.72. The fraction of sp³-hybridized carbons (Fsp3) is 0.500. The van der Waals surface area contributed by atoms with Gasteiger partial charge in [0.05, 0.1) is 6.61 Å². The normalized spacial score (nSPS) is 10.5. The second-order valence-electron chi connectivity index (χ2n) is 5.35. The van der Waals surface area contributed by atoms with Gasteiger partial charge in [-0.3, -0.25) is 9.59 Å². The van der Waals surface area contributed by atoms with Crippen LogP contribution in [0.25, 0.3) is 0 Å². The van der Waals surface area contributed by atoms with Crippen molar-refractivity contribution in [1.29, 1.82) is 0 Å². The second kappa shape index (κ2) is 8.29. The van der Waals surface area contributed by atoms with Gasteiger partial charge in [-0.2, -0.15) is 0 Å². The highest BCUT2D eigenvalue weighted by Gasteiger charge is 2.19. The Hall–Kier alpha value is -2.04. The van der Waals surface area contributed by atoms with Crippen LogP contribution >= 0.6 is 0 Å². The fourth-order valence-corrected chi connectivity index (χ4v) is 1.94. The molecule has 1 amide bonds. The van der Waals surface area contributed by atoms with Crippen molar-refractivity contribution in [2.75, 3.05) is 19.7 Å². The number of carbonyl (C=O) groups is 2. The molecule has 0 unspecified atom stereocenters. The number of nitrogens with zero attached hydrogens (tertiary/aromatic N) is 1. The van der Waals surface area contributed by atoms with Crippen molar-refractivity contribution in [2.45, 2.75) is 27.2 Å². The third-order valence-electron chi connectivity index (χ3n) is 2.75. The van der Waals surface area contributed by atoms with Crippen LogP contribution in [0.5, 0.6) is 5.75 Å². The zero-order valence-corrected chi connectivity index (χ0v) is 12.8. The predicted octanol–water partition coefficient (Wildman–Crippen LogP) is 2.66. The molecule has 0 aromatic heterocycles. The van der Waals surface area contributed by atoms with E-state index < -0.39 is 5.97 Å². The fourth-order valence-electron chi connectivity index (χ4n) is 1.94. The molecule has 0 fully saturated rings. The molecule has 0 atom stereocenters. The molecule has 116 valence electrons. The lowest BCUT2D eigenvalue weighted by Crippen LogP contribution is -2.38. The molecule has 0 spiro atoms. The molecule has 5 nitrogen and oxygen atoms in total. The number of ether oxygens (including phenoxy) is 1. The number of carbonyl (C=O) groups excluding carboxylic acids is 1. The van der Waals surface area contributed by atoms with Crippen molar-refractivity contribution in [3.05, 3.63) is 29.8 Å². The van der Waals surface area contributed by atoms with Crippen LogP contribution in [-0.2, 0) is 4.79 Å². The van der Waals surface area contributed by atoms with Gasteiger partial charge in [0.2, 0.25) is 0 Å². The van der Waals surface area contributed by atoms with E-state index >= 15 is 0 Å². The van der Waals surface area contributed by atoms with Gasteiger partial charge in [0, 0.05) is 12.1 Å². The van der Waals surface area contributed by atoms with Crippen molar-refractivity contribution in [2.24, 2.45) is 5.92 Å². The lowest BCUT2D eigenvalue weighted by atomic mass is 10.1. The van der Waals surface area contributed by atoms with E-state index in [1.807, 2.05) is 20.8 Å². The van der Waals surface area contributed by atoms with Crippen molar-refractivity contribution in [3.63, 3.8) is 0 Å². The van der Waals surface area contributed by atoms with Gasteiger partial charge in [0.1, 0.15) is 12.3 Å². The summed E-state index contributed by atoms with van der Waals surface area (Å²) >= 11 is 0. The van der Waals surface area contributed by atoms with Gasteiger partial charge < -0.3 is 14.7 Å². The summed E-state index contributed by atoms with van der Waals surface area (Å²) in [5.41, 5.74) is 0.450. The first-order valence-corrected chi connectivity index (χ1v) is 7.18. The molecule has 1 N–H and O–H groups in total. The van der Waals surface area contributed by atoms with Gasteiger partial charge in [0.25, 0.3) is 5.91 Å². The molecule has 5 heteroatoms. The molecule has 0 heterocycles. The van der Waals surface area contributed by atoms with Crippen LogP contribution in [0.3, 0.4) is 0 Å².